The zero-order valence-corrected chi connectivity index (χ0v) is 20.7. The molecule has 7 N–H and O–H groups in total. The van der Waals surface area contributed by atoms with Crippen LogP contribution < -0.4 is 0 Å². The van der Waals surface area contributed by atoms with Gasteiger partial charge < -0.3 is 40.5 Å². The quantitative estimate of drug-likeness (QED) is 0.0812. The zero-order valence-electron chi connectivity index (χ0n) is 20.7. The van der Waals surface area contributed by atoms with Gasteiger partial charge in [0, 0.05) is 0 Å². The molecule has 0 rings (SSSR count). The number of unbranched alkanes of at least 4 members (excludes halogenated alkanes) is 11. The molecule has 202 valence electrons. The Balaban J connectivity index is 4.23. The summed E-state index contributed by atoms with van der Waals surface area (Å²) in [5.74, 6) is -0.595. The number of carbonyl (C=O) groups is 1. The van der Waals surface area contributed by atoms with Crippen LogP contribution >= 0.6 is 0 Å². The van der Waals surface area contributed by atoms with Gasteiger partial charge in [0.2, 0.25) is 0 Å². The Morgan fingerprint density at radius 2 is 1.18 bits per heavy atom. The maximum atomic E-state index is 12.4. The summed E-state index contributed by atoms with van der Waals surface area (Å²) in [6.07, 6.45) is 7.13. The number of aliphatic hydroxyl groups excluding tert-OH is 7. The van der Waals surface area contributed by atoms with Crippen molar-refractivity contribution < 1.29 is 45.3 Å². The van der Waals surface area contributed by atoms with Crippen molar-refractivity contribution in [3.63, 3.8) is 0 Å². The van der Waals surface area contributed by atoms with E-state index >= 15 is 0 Å². The number of carbonyl (C=O) groups excluding carboxylic acids is 1. The average Bonchev–Trinajstić information content (AvgIpc) is 2.84. The monoisotopic (exact) mass is 492 g/mol. The molecule has 9 heteroatoms. The number of ketones is 1. The molecule has 0 saturated heterocycles. The minimum atomic E-state index is -1.85. The van der Waals surface area contributed by atoms with Gasteiger partial charge >= 0.3 is 0 Å². The van der Waals surface area contributed by atoms with Crippen molar-refractivity contribution in [2.75, 3.05) is 19.8 Å². The van der Waals surface area contributed by atoms with Gasteiger partial charge in [-0.25, -0.2) is 0 Å². The van der Waals surface area contributed by atoms with Crippen molar-refractivity contribution in [2.45, 2.75) is 121 Å². The lowest BCUT2D eigenvalue weighted by atomic mass is 10.0. The summed E-state index contributed by atoms with van der Waals surface area (Å²) in [4.78, 5) is 12.4. The molecule has 0 radical (unpaired) electrons. The first-order valence-electron chi connectivity index (χ1n) is 12.7. The van der Waals surface area contributed by atoms with Crippen LogP contribution in [0.4, 0.5) is 0 Å². The van der Waals surface area contributed by atoms with Crippen molar-refractivity contribution in [3.8, 4) is 0 Å². The fraction of sp³-hybridized carbons (Fsp3) is 0.880. The topological polar surface area (TPSA) is 168 Å². The van der Waals surface area contributed by atoms with Crippen molar-refractivity contribution in [1.29, 1.82) is 0 Å². The molecule has 0 bridgehead atoms. The molecule has 0 fully saturated rings. The Kier molecular flexibility index (Phi) is 20.8. The van der Waals surface area contributed by atoms with Gasteiger partial charge in [-0.3, -0.25) is 4.79 Å². The van der Waals surface area contributed by atoms with E-state index < -0.39 is 62.2 Å². The third kappa shape index (κ3) is 15.2. The standard InChI is InChI=1S/C25H48O9/c1-2-3-4-5-6-7-8-9-10-11-12-13-14-15-19(28)25(21(30)17-27)34-18-22(31)24(33)23(32)20(29)16-26/h14-15,20-27,29-33H,2-13,16-18H2,1H3/t20-,21?,22-,23-,24-,25?/m1/s1. The van der Waals surface area contributed by atoms with E-state index in [0.717, 1.165) is 19.3 Å². The smallest absolute Gasteiger partial charge is 0.186 e. The fourth-order valence-electron chi connectivity index (χ4n) is 3.56. The van der Waals surface area contributed by atoms with Crippen LogP contribution in [0.25, 0.3) is 0 Å². The van der Waals surface area contributed by atoms with Gasteiger partial charge in [-0.15, -0.1) is 0 Å². The lowest BCUT2D eigenvalue weighted by Crippen LogP contribution is -2.48. The first-order chi connectivity index (χ1) is 16.3. The highest BCUT2D eigenvalue weighted by Gasteiger charge is 2.32. The first-order valence-corrected chi connectivity index (χ1v) is 12.7. The average molecular weight is 493 g/mol. The molecule has 34 heavy (non-hydrogen) atoms. The summed E-state index contributed by atoms with van der Waals surface area (Å²) in [6, 6.07) is 0. The number of aliphatic hydroxyl groups is 7. The van der Waals surface area contributed by atoms with Crippen molar-refractivity contribution >= 4 is 5.78 Å². The lowest BCUT2D eigenvalue weighted by Gasteiger charge is -2.27. The van der Waals surface area contributed by atoms with Crippen LogP contribution in [0.1, 0.15) is 84.0 Å². The molecular formula is C25H48O9. The van der Waals surface area contributed by atoms with Gasteiger partial charge in [0.1, 0.15) is 36.6 Å². The van der Waals surface area contributed by atoms with E-state index in [1.807, 2.05) is 0 Å². The summed E-state index contributed by atoms with van der Waals surface area (Å²) >= 11 is 0. The van der Waals surface area contributed by atoms with Gasteiger partial charge in [0.25, 0.3) is 0 Å². The van der Waals surface area contributed by atoms with Gasteiger partial charge in [-0.2, -0.15) is 0 Å². The van der Waals surface area contributed by atoms with Gasteiger partial charge in [-0.1, -0.05) is 77.2 Å². The Bertz CT molecular complexity index is 515. The Morgan fingerprint density at radius 1 is 0.706 bits per heavy atom. The molecule has 0 aromatic rings. The number of hydrogen-bond acceptors (Lipinski definition) is 9. The molecule has 0 aromatic carbocycles. The van der Waals surface area contributed by atoms with Crippen molar-refractivity contribution in [2.24, 2.45) is 0 Å². The summed E-state index contributed by atoms with van der Waals surface area (Å²) in [6.45, 7) is 0.0147. The van der Waals surface area contributed by atoms with E-state index in [1.54, 1.807) is 6.08 Å². The van der Waals surface area contributed by atoms with Gasteiger partial charge in [-0.05, 0) is 18.9 Å². The number of rotatable bonds is 23. The molecule has 2 unspecified atom stereocenters. The summed E-state index contributed by atoms with van der Waals surface area (Å²) < 4.78 is 5.19. The van der Waals surface area contributed by atoms with Crippen molar-refractivity contribution in [3.05, 3.63) is 12.2 Å². The fourth-order valence-corrected chi connectivity index (χ4v) is 3.56. The predicted octanol–water partition coefficient (Wildman–Crippen LogP) is 0.987. The highest BCUT2D eigenvalue weighted by atomic mass is 16.5. The van der Waals surface area contributed by atoms with Gasteiger partial charge in [0.05, 0.1) is 19.8 Å². The Morgan fingerprint density at radius 3 is 1.68 bits per heavy atom. The SMILES string of the molecule is CCCCCCCCCCCCCC=CC(=O)C(OC[C@@H](O)[C@@H](O)[C@H](O)[C@H](O)CO)C(O)CO. The van der Waals surface area contributed by atoms with Crippen molar-refractivity contribution in [1.82, 2.24) is 0 Å². The van der Waals surface area contributed by atoms with Crippen LogP contribution in [-0.4, -0.2) is 98.0 Å². The minimum absolute atomic E-state index is 0.595. The molecule has 0 spiro atoms. The second-order valence-corrected chi connectivity index (χ2v) is 8.93. The van der Waals surface area contributed by atoms with Crippen LogP contribution in [-0.2, 0) is 9.53 Å². The van der Waals surface area contributed by atoms with E-state index in [0.29, 0.717) is 6.42 Å². The molecule has 0 amide bonds. The van der Waals surface area contributed by atoms with Crippen LogP contribution in [0.2, 0.25) is 0 Å². The van der Waals surface area contributed by atoms with Crippen LogP contribution in [0.3, 0.4) is 0 Å². The van der Waals surface area contributed by atoms with E-state index in [-0.39, 0.29) is 0 Å². The molecule has 0 aliphatic heterocycles. The third-order valence-corrected chi connectivity index (χ3v) is 5.85. The second-order valence-electron chi connectivity index (χ2n) is 8.93. The van der Waals surface area contributed by atoms with Crippen LogP contribution in [0.5, 0.6) is 0 Å². The molecule has 0 heterocycles. The summed E-state index contributed by atoms with van der Waals surface area (Å²) in [5.41, 5.74) is 0. The number of hydrogen-bond donors (Lipinski definition) is 7. The predicted molar refractivity (Wildman–Crippen MR) is 129 cm³/mol. The number of allylic oxidation sites excluding steroid dienone is 1. The number of ether oxygens (including phenoxy) is 1. The molecule has 0 aliphatic rings. The maximum absolute atomic E-state index is 12.4. The minimum Gasteiger partial charge on any atom is -0.394 e. The van der Waals surface area contributed by atoms with Crippen LogP contribution in [0, 0.1) is 0 Å². The lowest BCUT2D eigenvalue weighted by molar-refractivity contribution is -0.154. The maximum Gasteiger partial charge on any atom is 0.186 e. The first kappa shape index (κ1) is 33.1. The third-order valence-electron chi connectivity index (χ3n) is 5.85. The normalized spacial score (nSPS) is 17.4. The molecule has 6 atom stereocenters. The Labute approximate surface area is 204 Å². The molecule has 0 saturated carbocycles. The van der Waals surface area contributed by atoms with Gasteiger partial charge in [0.15, 0.2) is 5.78 Å². The summed E-state index contributed by atoms with van der Waals surface area (Å²) in [5, 5.41) is 66.6. The van der Waals surface area contributed by atoms with E-state index in [4.69, 9.17) is 9.84 Å². The van der Waals surface area contributed by atoms with E-state index in [2.05, 4.69) is 6.92 Å². The zero-order chi connectivity index (χ0) is 25.8. The second kappa shape index (κ2) is 21.4. The largest absolute Gasteiger partial charge is 0.394 e. The molecule has 0 aromatic heterocycles. The summed E-state index contributed by atoms with van der Waals surface area (Å²) in [7, 11) is 0. The molecular weight excluding hydrogens is 444 g/mol. The van der Waals surface area contributed by atoms with E-state index in [1.165, 1.54) is 57.4 Å². The highest BCUT2D eigenvalue weighted by molar-refractivity contribution is 5.94. The molecule has 0 aliphatic carbocycles. The molecule has 9 nitrogen and oxygen atoms in total. The highest BCUT2D eigenvalue weighted by Crippen LogP contribution is 2.13. The Hall–Kier alpha value is -0.910. The van der Waals surface area contributed by atoms with E-state index in [9.17, 15) is 35.4 Å². The van der Waals surface area contributed by atoms with Crippen LogP contribution in [0.15, 0.2) is 12.2 Å².